The first kappa shape index (κ1) is 23.6. The van der Waals surface area contributed by atoms with E-state index in [2.05, 4.69) is 5.32 Å². The highest BCUT2D eigenvalue weighted by molar-refractivity contribution is 6.03. The second-order valence-electron chi connectivity index (χ2n) is 7.27. The van der Waals surface area contributed by atoms with Crippen molar-refractivity contribution in [3.05, 3.63) is 39.7 Å². The van der Waals surface area contributed by atoms with Crippen LogP contribution in [0.15, 0.2) is 27.4 Å². The van der Waals surface area contributed by atoms with Crippen molar-refractivity contribution >= 4 is 22.9 Å². The summed E-state index contributed by atoms with van der Waals surface area (Å²) < 4.78 is 56.2. The van der Waals surface area contributed by atoms with Gasteiger partial charge in [-0.05, 0) is 25.5 Å². The lowest BCUT2D eigenvalue weighted by Gasteiger charge is -2.16. The van der Waals surface area contributed by atoms with Crippen molar-refractivity contribution in [3.63, 3.8) is 0 Å². The van der Waals surface area contributed by atoms with E-state index < -0.39 is 29.4 Å². The highest BCUT2D eigenvalue weighted by atomic mass is 19.4. The van der Waals surface area contributed by atoms with E-state index in [4.69, 9.17) is 13.9 Å². The maximum absolute atomic E-state index is 13.3. The first-order valence-electron chi connectivity index (χ1n) is 10.1. The fourth-order valence-corrected chi connectivity index (χ4v) is 3.46. The Morgan fingerprint density at radius 1 is 1.16 bits per heavy atom. The minimum atomic E-state index is -4.70. The Morgan fingerprint density at radius 2 is 1.91 bits per heavy atom. The number of carbonyl (C=O) groups excluding carboxylic acids is 2. The van der Waals surface area contributed by atoms with Crippen molar-refractivity contribution in [2.45, 2.75) is 38.9 Å². The molecule has 1 atom stereocenters. The van der Waals surface area contributed by atoms with Gasteiger partial charge in [0.2, 0.25) is 0 Å². The summed E-state index contributed by atoms with van der Waals surface area (Å²) in [4.78, 5) is 36.2. The van der Waals surface area contributed by atoms with Crippen LogP contribution in [0.5, 0.6) is 5.75 Å². The number of ether oxygens (including phenoxy) is 2. The first-order chi connectivity index (χ1) is 15.1. The highest BCUT2D eigenvalue weighted by Gasteiger charge is 2.35. The monoisotopic (exact) mass is 456 g/mol. The van der Waals surface area contributed by atoms with E-state index in [9.17, 15) is 27.6 Å². The van der Waals surface area contributed by atoms with Gasteiger partial charge in [0.05, 0.1) is 25.3 Å². The van der Waals surface area contributed by atoms with Crippen LogP contribution in [0, 0.1) is 0 Å². The number of nitrogens with zero attached hydrogens (tertiary/aromatic N) is 1. The Hall–Kier alpha value is -3.08. The molecule has 0 spiro atoms. The third-order valence-corrected chi connectivity index (χ3v) is 4.94. The molecule has 1 aliphatic heterocycles. The number of amides is 3. The van der Waals surface area contributed by atoms with Gasteiger partial charge in [0.1, 0.15) is 24.0 Å². The van der Waals surface area contributed by atoms with Crippen LogP contribution in [0.1, 0.15) is 31.4 Å². The smallest absolute Gasteiger partial charge is 0.417 e. The lowest BCUT2D eigenvalue weighted by molar-refractivity contribution is -0.136. The van der Waals surface area contributed by atoms with Gasteiger partial charge in [-0.3, -0.25) is 9.69 Å². The predicted octanol–water partition coefficient (Wildman–Crippen LogP) is 3.10. The van der Waals surface area contributed by atoms with Gasteiger partial charge in [0.15, 0.2) is 0 Å². The topological polar surface area (TPSA) is 98.1 Å². The quantitative estimate of drug-likeness (QED) is 0.354. The Morgan fingerprint density at radius 3 is 2.53 bits per heavy atom. The van der Waals surface area contributed by atoms with E-state index in [1.807, 2.05) is 6.92 Å². The molecule has 0 radical (unpaired) electrons. The third-order valence-electron chi connectivity index (χ3n) is 4.94. The first-order valence-corrected chi connectivity index (χ1v) is 10.1. The summed E-state index contributed by atoms with van der Waals surface area (Å²) in [7, 11) is 0. The van der Waals surface area contributed by atoms with Gasteiger partial charge in [-0.2, -0.15) is 13.2 Å². The van der Waals surface area contributed by atoms with Crippen molar-refractivity contribution in [2.75, 3.05) is 26.4 Å². The van der Waals surface area contributed by atoms with Gasteiger partial charge in [-0.25, -0.2) is 9.59 Å². The second kappa shape index (κ2) is 9.60. The molecule has 0 aliphatic carbocycles. The van der Waals surface area contributed by atoms with Crippen LogP contribution in [-0.4, -0.2) is 49.2 Å². The molecule has 1 aromatic carbocycles. The average molecular weight is 456 g/mol. The molecule has 0 saturated carbocycles. The molecule has 1 unspecified atom stereocenters. The Labute approximate surface area is 181 Å². The van der Waals surface area contributed by atoms with E-state index in [1.54, 1.807) is 6.92 Å². The predicted molar refractivity (Wildman–Crippen MR) is 108 cm³/mol. The normalized spacial score (nSPS) is 16.7. The van der Waals surface area contributed by atoms with Gasteiger partial charge in [-0.15, -0.1) is 0 Å². The summed E-state index contributed by atoms with van der Waals surface area (Å²) in [5, 5.41) is 2.29. The van der Waals surface area contributed by atoms with E-state index in [0.717, 1.165) is 4.90 Å². The van der Waals surface area contributed by atoms with Crippen LogP contribution >= 0.6 is 0 Å². The number of carbonyl (C=O) groups is 2. The van der Waals surface area contributed by atoms with Gasteiger partial charge in [0.25, 0.3) is 5.91 Å². The van der Waals surface area contributed by atoms with Crippen molar-refractivity contribution < 1.29 is 36.7 Å². The maximum atomic E-state index is 13.3. The number of nitrogens with one attached hydrogen (secondary N) is 1. The molecule has 1 saturated heterocycles. The summed E-state index contributed by atoms with van der Waals surface area (Å²) in [6.45, 7) is 3.83. The van der Waals surface area contributed by atoms with Crippen molar-refractivity contribution in [3.8, 4) is 5.75 Å². The molecule has 1 aliphatic rings. The van der Waals surface area contributed by atoms with Gasteiger partial charge >= 0.3 is 17.8 Å². The van der Waals surface area contributed by atoms with Crippen molar-refractivity contribution in [2.24, 2.45) is 0 Å². The minimum absolute atomic E-state index is 0.0714. The molecule has 3 amide bonds. The molecule has 2 heterocycles. The van der Waals surface area contributed by atoms with Crippen LogP contribution in [-0.2, 0) is 22.1 Å². The van der Waals surface area contributed by atoms with Crippen LogP contribution in [0.3, 0.4) is 0 Å². The summed E-state index contributed by atoms with van der Waals surface area (Å²) in [6.07, 6.45) is -3.75. The molecule has 0 bridgehead atoms. The second-order valence-corrected chi connectivity index (χ2v) is 7.27. The maximum Gasteiger partial charge on any atom is 0.417 e. The molecule has 1 fully saturated rings. The van der Waals surface area contributed by atoms with Crippen LogP contribution in [0.25, 0.3) is 11.0 Å². The van der Waals surface area contributed by atoms with E-state index in [0.29, 0.717) is 30.2 Å². The summed E-state index contributed by atoms with van der Waals surface area (Å²) >= 11 is 0. The van der Waals surface area contributed by atoms with Crippen molar-refractivity contribution in [1.29, 1.82) is 0 Å². The van der Waals surface area contributed by atoms with Crippen LogP contribution < -0.4 is 15.7 Å². The molecule has 11 heteroatoms. The Balaban J connectivity index is 1.66. The van der Waals surface area contributed by atoms with Crippen LogP contribution in [0.2, 0.25) is 0 Å². The summed E-state index contributed by atoms with van der Waals surface area (Å²) in [5.41, 5.74) is -1.90. The number of halogens is 3. The van der Waals surface area contributed by atoms with E-state index in [1.165, 1.54) is 12.1 Å². The number of alkyl halides is 3. The number of aryl methyl sites for hydroxylation is 1. The number of benzene rings is 1. The average Bonchev–Trinajstić information content (AvgIpc) is 2.96. The molecule has 1 N–H and O–H groups in total. The van der Waals surface area contributed by atoms with Crippen LogP contribution in [0.4, 0.5) is 18.0 Å². The van der Waals surface area contributed by atoms with Gasteiger partial charge in [-0.1, -0.05) is 13.3 Å². The molecule has 174 valence electrons. The molecule has 32 heavy (non-hydrogen) atoms. The molecule has 2 aromatic rings. The standard InChI is InChI=1S/C21H23F3N2O6/c1-3-4-14-16(6-5-13-15(21(22,23)24)11-17(27)32-18(13)14)31-10-9-30-8-7-26-19(28)12(2)25-20(26)29/h5-6,11-12H,3-4,7-10H2,1-2H3,(H,25,29). The largest absolute Gasteiger partial charge is 0.491 e. The number of imide groups is 1. The fourth-order valence-electron chi connectivity index (χ4n) is 3.46. The number of hydrogen-bond donors (Lipinski definition) is 1. The number of fused-ring (bicyclic) bond motifs is 1. The molecule has 3 rings (SSSR count). The number of urea groups is 1. The van der Waals surface area contributed by atoms with Gasteiger partial charge < -0.3 is 19.2 Å². The number of hydrogen-bond acceptors (Lipinski definition) is 6. The van der Waals surface area contributed by atoms with Crippen molar-refractivity contribution in [1.82, 2.24) is 10.2 Å². The highest BCUT2D eigenvalue weighted by Crippen LogP contribution is 2.37. The lowest BCUT2D eigenvalue weighted by Crippen LogP contribution is -2.34. The minimum Gasteiger partial charge on any atom is -0.491 e. The zero-order chi connectivity index (χ0) is 23.5. The zero-order valence-corrected chi connectivity index (χ0v) is 17.6. The Bertz CT molecular complexity index is 1070. The van der Waals surface area contributed by atoms with E-state index >= 15 is 0 Å². The Kier molecular flexibility index (Phi) is 7.07. The lowest BCUT2D eigenvalue weighted by atomic mass is 10.0. The summed E-state index contributed by atoms with van der Waals surface area (Å²) in [6, 6.07) is 2.04. The molecule has 8 nitrogen and oxygen atoms in total. The third kappa shape index (κ3) is 5.04. The SMILES string of the molecule is CCCc1c(OCCOCCN2C(=O)NC(C)C2=O)ccc2c(C(F)(F)F)cc(=O)oc12. The zero-order valence-electron chi connectivity index (χ0n) is 17.6. The van der Waals surface area contributed by atoms with Gasteiger partial charge in [0, 0.05) is 17.0 Å². The molecular weight excluding hydrogens is 433 g/mol. The fraction of sp³-hybridized carbons (Fsp3) is 0.476. The summed E-state index contributed by atoms with van der Waals surface area (Å²) in [5.74, 6) is -0.0247. The molecule has 1 aromatic heterocycles. The number of rotatable bonds is 9. The van der Waals surface area contributed by atoms with E-state index in [-0.39, 0.29) is 43.2 Å². The molecular formula is C21H23F3N2O6.